The summed E-state index contributed by atoms with van der Waals surface area (Å²) in [5, 5.41) is 6.26. The lowest BCUT2D eigenvalue weighted by Gasteiger charge is -2.23. The average Bonchev–Trinajstić information content (AvgIpc) is 2.91. The van der Waals surface area contributed by atoms with Gasteiger partial charge in [0.1, 0.15) is 0 Å². The summed E-state index contributed by atoms with van der Waals surface area (Å²) in [6, 6.07) is 7.74. The quantitative estimate of drug-likeness (QED) is 0.849. The number of fused-ring (bicyclic) bond motifs is 1. The molecule has 6 heteroatoms. The summed E-state index contributed by atoms with van der Waals surface area (Å²) in [6.45, 7) is 0.667. The molecule has 2 aromatic rings. The van der Waals surface area contributed by atoms with E-state index >= 15 is 0 Å². The van der Waals surface area contributed by atoms with Crippen molar-refractivity contribution < 1.29 is 14.3 Å². The number of hydrogen-bond donors (Lipinski definition) is 1. The molecular formula is C17H18N2O3S. The SMILES string of the molecule is COC(=O)c1cscc1NC(=O)N1CCCCc2ccccc21. The lowest BCUT2D eigenvalue weighted by molar-refractivity contribution is 0.0602. The van der Waals surface area contributed by atoms with E-state index in [2.05, 4.69) is 11.4 Å². The first-order chi connectivity index (χ1) is 11.2. The fourth-order valence-electron chi connectivity index (χ4n) is 2.75. The van der Waals surface area contributed by atoms with Crippen molar-refractivity contribution in [1.29, 1.82) is 0 Å². The number of nitrogens with one attached hydrogen (secondary N) is 1. The Hall–Kier alpha value is -2.34. The highest BCUT2D eigenvalue weighted by atomic mass is 32.1. The van der Waals surface area contributed by atoms with E-state index in [-0.39, 0.29) is 6.03 Å². The normalized spacial score (nSPS) is 13.9. The second-order valence-electron chi connectivity index (χ2n) is 5.36. The Balaban J connectivity index is 1.84. The Bertz CT molecular complexity index is 726. The van der Waals surface area contributed by atoms with E-state index in [9.17, 15) is 9.59 Å². The summed E-state index contributed by atoms with van der Waals surface area (Å²) in [5.41, 5.74) is 3.00. The molecule has 1 aromatic heterocycles. The molecule has 120 valence electrons. The predicted molar refractivity (Wildman–Crippen MR) is 91.4 cm³/mol. The molecule has 0 radical (unpaired) electrons. The van der Waals surface area contributed by atoms with Gasteiger partial charge in [-0.15, -0.1) is 11.3 Å². The zero-order chi connectivity index (χ0) is 16.2. The fourth-order valence-corrected chi connectivity index (χ4v) is 3.50. The van der Waals surface area contributed by atoms with E-state index in [1.807, 2.05) is 18.2 Å². The third kappa shape index (κ3) is 3.22. The zero-order valence-electron chi connectivity index (χ0n) is 12.9. The van der Waals surface area contributed by atoms with E-state index in [0.717, 1.165) is 24.9 Å². The Labute approximate surface area is 138 Å². The molecule has 23 heavy (non-hydrogen) atoms. The molecule has 0 bridgehead atoms. The molecule has 3 rings (SSSR count). The van der Waals surface area contributed by atoms with Crippen LogP contribution in [-0.2, 0) is 11.2 Å². The van der Waals surface area contributed by atoms with Gasteiger partial charge in [0, 0.05) is 23.0 Å². The number of amides is 2. The van der Waals surface area contributed by atoms with Gasteiger partial charge in [0.15, 0.2) is 0 Å². The molecule has 2 heterocycles. The van der Waals surface area contributed by atoms with E-state index in [1.165, 1.54) is 24.0 Å². The number of para-hydroxylation sites is 1. The monoisotopic (exact) mass is 330 g/mol. The van der Waals surface area contributed by atoms with Crippen LogP contribution in [0.15, 0.2) is 35.0 Å². The van der Waals surface area contributed by atoms with Crippen LogP contribution in [0.2, 0.25) is 0 Å². The number of carbonyl (C=O) groups excluding carboxylic acids is 2. The molecule has 0 unspecified atom stereocenters. The smallest absolute Gasteiger partial charge is 0.340 e. The number of rotatable bonds is 2. The molecule has 0 fully saturated rings. The van der Waals surface area contributed by atoms with Crippen LogP contribution in [0.25, 0.3) is 0 Å². The lowest BCUT2D eigenvalue weighted by atomic mass is 10.1. The van der Waals surface area contributed by atoms with Gasteiger partial charge in [0.05, 0.1) is 18.4 Å². The van der Waals surface area contributed by atoms with Crippen molar-refractivity contribution in [3.8, 4) is 0 Å². The second-order valence-corrected chi connectivity index (χ2v) is 6.10. The number of anilines is 2. The molecule has 0 spiro atoms. The highest BCUT2D eigenvalue weighted by Gasteiger charge is 2.23. The van der Waals surface area contributed by atoms with Gasteiger partial charge < -0.3 is 10.1 Å². The van der Waals surface area contributed by atoms with Gasteiger partial charge in [0.2, 0.25) is 0 Å². The summed E-state index contributed by atoms with van der Waals surface area (Å²) >= 11 is 1.35. The van der Waals surface area contributed by atoms with Crippen molar-refractivity contribution in [3.05, 3.63) is 46.2 Å². The molecular weight excluding hydrogens is 312 g/mol. The largest absolute Gasteiger partial charge is 0.465 e. The molecule has 0 atom stereocenters. The maximum atomic E-state index is 12.7. The number of thiophene rings is 1. The predicted octanol–water partition coefficient (Wildman–Crippen LogP) is 3.91. The van der Waals surface area contributed by atoms with Crippen LogP contribution in [-0.4, -0.2) is 25.7 Å². The number of esters is 1. The maximum absolute atomic E-state index is 12.7. The van der Waals surface area contributed by atoms with E-state index in [0.29, 0.717) is 17.8 Å². The number of ether oxygens (including phenoxy) is 1. The van der Waals surface area contributed by atoms with Gasteiger partial charge in [-0.1, -0.05) is 18.2 Å². The number of nitrogens with zero attached hydrogens (tertiary/aromatic N) is 1. The van der Waals surface area contributed by atoms with Crippen LogP contribution in [0.4, 0.5) is 16.2 Å². The van der Waals surface area contributed by atoms with Crippen LogP contribution in [0.5, 0.6) is 0 Å². The van der Waals surface area contributed by atoms with E-state index in [1.54, 1.807) is 15.7 Å². The number of benzene rings is 1. The summed E-state index contributed by atoms with van der Waals surface area (Å²) in [7, 11) is 1.33. The highest BCUT2D eigenvalue weighted by molar-refractivity contribution is 7.08. The molecule has 1 aliphatic rings. The van der Waals surface area contributed by atoms with E-state index in [4.69, 9.17) is 4.74 Å². The third-order valence-corrected chi connectivity index (χ3v) is 4.66. The van der Waals surface area contributed by atoms with Gasteiger partial charge in [-0.3, -0.25) is 4.90 Å². The first kappa shape index (κ1) is 15.6. The minimum Gasteiger partial charge on any atom is -0.465 e. The number of hydrogen-bond acceptors (Lipinski definition) is 4. The first-order valence-electron chi connectivity index (χ1n) is 7.51. The standard InChI is InChI=1S/C17H18N2O3S/c1-22-16(20)13-10-23-11-14(13)18-17(21)19-9-5-4-7-12-6-2-3-8-15(12)19/h2-3,6,8,10-11H,4-5,7,9H2,1H3,(H,18,21). The summed E-state index contributed by atoms with van der Waals surface area (Å²) in [4.78, 5) is 26.2. The van der Waals surface area contributed by atoms with Crippen LogP contribution in [0.3, 0.4) is 0 Å². The van der Waals surface area contributed by atoms with Gasteiger partial charge in [-0.25, -0.2) is 9.59 Å². The Kier molecular flexibility index (Phi) is 4.62. The molecule has 1 N–H and O–H groups in total. The fraction of sp³-hybridized carbons (Fsp3) is 0.294. The number of methoxy groups -OCH3 is 1. The highest BCUT2D eigenvalue weighted by Crippen LogP contribution is 2.28. The van der Waals surface area contributed by atoms with Gasteiger partial charge in [-0.2, -0.15) is 0 Å². The van der Waals surface area contributed by atoms with Crippen molar-refractivity contribution in [3.63, 3.8) is 0 Å². The van der Waals surface area contributed by atoms with Crippen LogP contribution < -0.4 is 10.2 Å². The lowest BCUT2D eigenvalue weighted by Crippen LogP contribution is -2.35. The van der Waals surface area contributed by atoms with Gasteiger partial charge >= 0.3 is 12.0 Å². The Morgan fingerprint density at radius 3 is 2.87 bits per heavy atom. The van der Waals surface area contributed by atoms with Crippen molar-refractivity contribution >= 4 is 34.7 Å². The molecule has 0 saturated heterocycles. The minimum atomic E-state index is -0.446. The molecule has 0 saturated carbocycles. The van der Waals surface area contributed by atoms with Crippen molar-refractivity contribution in [1.82, 2.24) is 0 Å². The summed E-state index contributed by atoms with van der Waals surface area (Å²) < 4.78 is 4.74. The number of aryl methyl sites for hydroxylation is 1. The minimum absolute atomic E-state index is 0.220. The van der Waals surface area contributed by atoms with Gasteiger partial charge in [0.25, 0.3) is 0 Å². The first-order valence-corrected chi connectivity index (χ1v) is 8.46. The van der Waals surface area contributed by atoms with E-state index < -0.39 is 5.97 Å². The topological polar surface area (TPSA) is 58.6 Å². The summed E-state index contributed by atoms with van der Waals surface area (Å²) in [6.07, 6.45) is 2.99. The summed E-state index contributed by atoms with van der Waals surface area (Å²) in [5.74, 6) is -0.446. The Morgan fingerprint density at radius 1 is 1.22 bits per heavy atom. The van der Waals surface area contributed by atoms with Crippen molar-refractivity contribution in [2.75, 3.05) is 23.9 Å². The Morgan fingerprint density at radius 2 is 2.04 bits per heavy atom. The third-order valence-electron chi connectivity index (χ3n) is 3.91. The van der Waals surface area contributed by atoms with Crippen LogP contribution in [0, 0.1) is 0 Å². The zero-order valence-corrected chi connectivity index (χ0v) is 13.7. The molecule has 5 nitrogen and oxygen atoms in total. The maximum Gasteiger partial charge on any atom is 0.340 e. The van der Waals surface area contributed by atoms with Crippen molar-refractivity contribution in [2.45, 2.75) is 19.3 Å². The van der Waals surface area contributed by atoms with Crippen LogP contribution >= 0.6 is 11.3 Å². The molecule has 0 aliphatic carbocycles. The second kappa shape index (κ2) is 6.83. The molecule has 1 aromatic carbocycles. The molecule has 2 amide bonds. The average molecular weight is 330 g/mol. The van der Waals surface area contributed by atoms with Crippen LogP contribution in [0.1, 0.15) is 28.8 Å². The van der Waals surface area contributed by atoms with Crippen molar-refractivity contribution in [2.24, 2.45) is 0 Å². The van der Waals surface area contributed by atoms with Gasteiger partial charge in [-0.05, 0) is 30.9 Å². The molecule has 1 aliphatic heterocycles. The number of carbonyl (C=O) groups is 2. The number of urea groups is 1.